The minimum Gasteiger partial charge on any atom is -0.459 e. The van der Waals surface area contributed by atoms with Crippen molar-refractivity contribution in [3.8, 4) is 0 Å². The average molecular weight is 350 g/mol. The number of amides is 1. The molecule has 1 aromatic heterocycles. The van der Waals surface area contributed by atoms with E-state index >= 15 is 0 Å². The van der Waals surface area contributed by atoms with Gasteiger partial charge in [-0.3, -0.25) is 13.9 Å². The van der Waals surface area contributed by atoms with Crippen LogP contribution in [0.1, 0.15) is 27.8 Å². The lowest BCUT2D eigenvalue weighted by Gasteiger charge is -2.22. The molecule has 0 aliphatic heterocycles. The number of carbonyl (C=O) groups excluding carboxylic acids is 2. The van der Waals surface area contributed by atoms with Crippen LogP contribution in [0, 0.1) is 0 Å². The summed E-state index contributed by atoms with van der Waals surface area (Å²) >= 11 is 0. The molecule has 2 rings (SSSR count). The number of hydrogen-bond acceptors (Lipinski definition) is 5. The lowest BCUT2D eigenvalue weighted by Crippen LogP contribution is -2.38. The van der Waals surface area contributed by atoms with Crippen molar-refractivity contribution in [1.82, 2.24) is 5.32 Å². The van der Waals surface area contributed by atoms with Crippen LogP contribution in [-0.4, -0.2) is 39.5 Å². The van der Waals surface area contributed by atoms with Crippen LogP contribution in [0.15, 0.2) is 47.1 Å². The van der Waals surface area contributed by atoms with Crippen LogP contribution in [0.2, 0.25) is 0 Å². The minimum absolute atomic E-state index is 0.0344. The molecule has 0 atom stereocenters. The Kier molecular flexibility index (Phi) is 5.40. The molecule has 0 saturated heterocycles. The summed E-state index contributed by atoms with van der Waals surface area (Å²) < 4.78 is 30.2. The summed E-state index contributed by atoms with van der Waals surface area (Å²) in [5, 5.41) is 2.59. The van der Waals surface area contributed by atoms with Gasteiger partial charge in [0.2, 0.25) is 10.0 Å². The lowest BCUT2D eigenvalue weighted by atomic mass is 10.1. The van der Waals surface area contributed by atoms with E-state index < -0.39 is 15.9 Å². The first-order chi connectivity index (χ1) is 11.3. The maximum atomic E-state index is 12.0. The maximum Gasteiger partial charge on any atom is 0.287 e. The number of furan rings is 1. The van der Waals surface area contributed by atoms with Crippen molar-refractivity contribution < 1.29 is 22.4 Å². The van der Waals surface area contributed by atoms with Crippen molar-refractivity contribution in [2.75, 3.05) is 23.7 Å². The number of benzene rings is 1. The van der Waals surface area contributed by atoms with Crippen LogP contribution < -0.4 is 9.62 Å². The second kappa shape index (κ2) is 7.31. The molecule has 2 aromatic rings. The molecule has 0 aliphatic carbocycles. The van der Waals surface area contributed by atoms with E-state index in [9.17, 15) is 18.0 Å². The maximum absolute atomic E-state index is 12.0. The molecule has 1 aromatic carbocycles. The molecule has 24 heavy (non-hydrogen) atoms. The molecule has 0 aliphatic rings. The van der Waals surface area contributed by atoms with Gasteiger partial charge in [0.1, 0.15) is 0 Å². The van der Waals surface area contributed by atoms with Crippen molar-refractivity contribution in [3.05, 3.63) is 54.0 Å². The Bertz CT molecular complexity index is 828. The van der Waals surface area contributed by atoms with Crippen molar-refractivity contribution >= 4 is 27.4 Å². The topological polar surface area (TPSA) is 96.7 Å². The first-order valence-corrected chi connectivity index (χ1v) is 9.04. The standard InChI is InChI=1S/C16H18N2O5S/c1-12(19)13-5-3-6-14(11-13)18(24(2,21)22)9-8-17-16(20)15-7-4-10-23-15/h3-7,10-11H,8-9H2,1-2H3,(H,17,20). The predicted molar refractivity (Wildman–Crippen MR) is 89.7 cm³/mol. The highest BCUT2D eigenvalue weighted by Gasteiger charge is 2.18. The molecule has 0 fully saturated rings. The third-order valence-corrected chi connectivity index (χ3v) is 4.48. The first kappa shape index (κ1) is 17.7. The van der Waals surface area contributed by atoms with Crippen LogP contribution >= 0.6 is 0 Å². The second-order valence-electron chi connectivity index (χ2n) is 5.17. The van der Waals surface area contributed by atoms with Crippen LogP contribution in [0.3, 0.4) is 0 Å². The van der Waals surface area contributed by atoms with Crippen LogP contribution in [0.5, 0.6) is 0 Å². The Balaban J connectivity index is 2.11. The third-order valence-electron chi connectivity index (χ3n) is 3.29. The fourth-order valence-corrected chi connectivity index (χ4v) is 3.05. The molecule has 0 saturated carbocycles. The number of Topliss-reactive ketones (excluding diaryl/α,β-unsaturated/α-hetero) is 1. The Morgan fingerprint density at radius 1 is 1.21 bits per heavy atom. The first-order valence-electron chi connectivity index (χ1n) is 7.19. The molecule has 0 bridgehead atoms. The lowest BCUT2D eigenvalue weighted by molar-refractivity contribution is 0.0926. The van der Waals surface area contributed by atoms with E-state index in [-0.39, 0.29) is 24.6 Å². The van der Waals surface area contributed by atoms with Gasteiger partial charge >= 0.3 is 0 Å². The number of sulfonamides is 1. The normalized spacial score (nSPS) is 11.1. The van der Waals surface area contributed by atoms with Gasteiger partial charge < -0.3 is 9.73 Å². The minimum atomic E-state index is -3.56. The molecule has 0 unspecified atom stereocenters. The van der Waals surface area contributed by atoms with Gasteiger partial charge in [0.15, 0.2) is 11.5 Å². The molecular formula is C16H18N2O5S. The molecular weight excluding hydrogens is 332 g/mol. The van der Waals surface area contributed by atoms with Crippen molar-refractivity contribution in [1.29, 1.82) is 0 Å². The molecule has 7 nitrogen and oxygen atoms in total. The summed E-state index contributed by atoms with van der Waals surface area (Å²) in [4.78, 5) is 23.3. The van der Waals surface area contributed by atoms with Crippen LogP contribution in [0.4, 0.5) is 5.69 Å². The fourth-order valence-electron chi connectivity index (χ4n) is 2.13. The number of rotatable bonds is 7. The molecule has 0 spiro atoms. The molecule has 1 N–H and O–H groups in total. The van der Waals surface area contributed by atoms with Crippen molar-refractivity contribution in [3.63, 3.8) is 0 Å². The van der Waals surface area contributed by atoms with Crippen molar-refractivity contribution in [2.45, 2.75) is 6.92 Å². The Morgan fingerprint density at radius 3 is 2.54 bits per heavy atom. The summed E-state index contributed by atoms with van der Waals surface area (Å²) in [6.07, 6.45) is 2.45. The largest absolute Gasteiger partial charge is 0.459 e. The Morgan fingerprint density at radius 2 is 1.96 bits per heavy atom. The quantitative estimate of drug-likeness (QED) is 0.766. The number of anilines is 1. The average Bonchev–Trinajstić information content (AvgIpc) is 3.04. The second-order valence-corrected chi connectivity index (χ2v) is 7.08. The number of carbonyl (C=O) groups is 2. The molecule has 0 radical (unpaired) electrons. The molecule has 128 valence electrons. The van der Waals surface area contributed by atoms with Gasteiger partial charge in [-0.05, 0) is 31.2 Å². The third kappa shape index (κ3) is 4.45. The zero-order valence-electron chi connectivity index (χ0n) is 13.4. The van der Waals surface area contributed by atoms with Crippen LogP contribution in [-0.2, 0) is 10.0 Å². The Hall–Kier alpha value is -2.61. The summed E-state index contributed by atoms with van der Waals surface area (Å²) in [6.45, 7) is 1.54. The zero-order chi connectivity index (χ0) is 17.7. The number of nitrogens with zero attached hydrogens (tertiary/aromatic N) is 1. The van der Waals surface area contributed by atoms with Crippen molar-refractivity contribution in [2.24, 2.45) is 0 Å². The fraction of sp³-hybridized carbons (Fsp3) is 0.250. The van der Waals surface area contributed by atoms with E-state index in [0.29, 0.717) is 11.3 Å². The van der Waals surface area contributed by atoms with E-state index in [0.717, 1.165) is 10.6 Å². The van der Waals surface area contributed by atoms with Gasteiger partial charge in [-0.1, -0.05) is 12.1 Å². The SMILES string of the molecule is CC(=O)c1cccc(N(CCNC(=O)c2ccco2)S(C)(=O)=O)c1. The van der Waals surface area contributed by atoms with Gasteiger partial charge in [-0.25, -0.2) is 8.42 Å². The van der Waals surface area contributed by atoms with E-state index in [1.807, 2.05) is 0 Å². The number of ketones is 1. The predicted octanol–water partition coefficient (Wildman–Crippen LogP) is 1.68. The zero-order valence-corrected chi connectivity index (χ0v) is 14.2. The van der Waals surface area contributed by atoms with E-state index in [1.54, 1.807) is 24.3 Å². The number of hydrogen-bond donors (Lipinski definition) is 1. The molecule has 1 heterocycles. The van der Waals surface area contributed by atoms with E-state index in [4.69, 9.17) is 4.42 Å². The van der Waals surface area contributed by atoms with Gasteiger partial charge in [0.25, 0.3) is 5.91 Å². The smallest absolute Gasteiger partial charge is 0.287 e. The van der Waals surface area contributed by atoms with E-state index in [1.165, 1.54) is 25.3 Å². The highest BCUT2D eigenvalue weighted by Crippen LogP contribution is 2.19. The van der Waals surface area contributed by atoms with Crippen LogP contribution in [0.25, 0.3) is 0 Å². The monoisotopic (exact) mass is 350 g/mol. The van der Waals surface area contributed by atoms with E-state index in [2.05, 4.69) is 5.32 Å². The van der Waals surface area contributed by atoms with Gasteiger partial charge in [-0.2, -0.15) is 0 Å². The highest BCUT2D eigenvalue weighted by molar-refractivity contribution is 7.92. The summed E-state index contributed by atoms with van der Waals surface area (Å²) in [6, 6.07) is 9.45. The van der Waals surface area contributed by atoms with Gasteiger partial charge in [-0.15, -0.1) is 0 Å². The Labute approximate surface area is 140 Å². The summed E-state index contributed by atoms with van der Waals surface area (Å²) in [5.41, 5.74) is 0.790. The van der Waals surface area contributed by atoms with Gasteiger partial charge in [0, 0.05) is 12.1 Å². The molecule has 8 heteroatoms. The highest BCUT2D eigenvalue weighted by atomic mass is 32.2. The summed E-state index contributed by atoms with van der Waals surface area (Å²) in [7, 11) is -3.56. The van der Waals surface area contributed by atoms with Gasteiger partial charge in [0.05, 0.1) is 24.8 Å². The molecule has 1 amide bonds. The number of nitrogens with one attached hydrogen (secondary N) is 1. The summed E-state index contributed by atoms with van der Waals surface area (Å²) in [5.74, 6) is -0.429.